The van der Waals surface area contributed by atoms with Gasteiger partial charge in [-0.05, 0) is 36.5 Å². The van der Waals surface area contributed by atoms with Crippen molar-refractivity contribution in [1.82, 2.24) is 0 Å². The second-order valence-corrected chi connectivity index (χ2v) is 5.47. The van der Waals surface area contributed by atoms with Gasteiger partial charge in [0.05, 0.1) is 13.2 Å². The van der Waals surface area contributed by atoms with Crippen molar-refractivity contribution in [3.8, 4) is 0 Å². The third-order valence-corrected chi connectivity index (χ3v) is 3.66. The van der Waals surface area contributed by atoms with Crippen LogP contribution in [0, 0.1) is 5.92 Å². The summed E-state index contributed by atoms with van der Waals surface area (Å²) in [6.07, 6.45) is 1.98. The second-order valence-electron chi connectivity index (χ2n) is 4.25. The maximum absolute atomic E-state index is 6.01. The molecule has 0 aliphatic rings. The molecule has 2 nitrogen and oxygen atoms in total. The molecule has 0 amide bonds. The molecule has 0 saturated heterocycles. The summed E-state index contributed by atoms with van der Waals surface area (Å²) in [6, 6.07) is 8.37. The molecule has 0 radical (unpaired) electrons. The summed E-state index contributed by atoms with van der Waals surface area (Å²) in [5.41, 5.74) is 1.31. The molecule has 0 saturated carbocycles. The number of alkyl halides is 1. The highest BCUT2D eigenvalue weighted by molar-refractivity contribution is 9.10. The molecule has 102 valence electrons. The Labute approximate surface area is 123 Å². The Morgan fingerprint density at radius 3 is 2.78 bits per heavy atom. The van der Waals surface area contributed by atoms with Gasteiger partial charge in [-0.15, -0.1) is 11.6 Å². The van der Waals surface area contributed by atoms with E-state index in [9.17, 15) is 0 Å². The fourth-order valence-corrected chi connectivity index (χ4v) is 2.44. The van der Waals surface area contributed by atoms with Gasteiger partial charge in [-0.3, -0.25) is 0 Å². The van der Waals surface area contributed by atoms with Crippen LogP contribution in [0.15, 0.2) is 28.7 Å². The smallest absolute Gasteiger partial charge is 0.0700 e. The van der Waals surface area contributed by atoms with Crippen molar-refractivity contribution in [2.45, 2.75) is 12.8 Å². The molecule has 0 N–H and O–H groups in total. The van der Waals surface area contributed by atoms with Crippen molar-refractivity contribution in [2.24, 2.45) is 5.92 Å². The lowest BCUT2D eigenvalue weighted by Gasteiger charge is -2.14. The Kier molecular flexibility index (Phi) is 8.68. The lowest BCUT2D eigenvalue weighted by molar-refractivity contribution is 0.0647. The summed E-state index contributed by atoms with van der Waals surface area (Å²) in [5, 5.41) is 0. The van der Waals surface area contributed by atoms with E-state index in [0.29, 0.717) is 25.0 Å². The molecule has 1 aromatic carbocycles. The van der Waals surface area contributed by atoms with E-state index in [4.69, 9.17) is 21.1 Å². The molecule has 0 aromatic heterocycles. The summed E-state index contributed by atoms with van der Waals surface area (Å²) in [6.45, 7) is 2.05. The van der Waals surface area contributed by atoms with E-state index < -0.39 is 0 Å². The fourth-order valence-electron chi connectivity index (χ4n) is 1.73. The van der Waals surface area contributed by atoms with E-state index in [2.05, 4.69) is 34.1 Å². The van der Waals surface area contributed by atoms with Crippen molar-refractivity contribution in [3.05, 3.63) is 34.3 Å². The van der Waals surface area contributed by atoms with Crippen LogP contribution in [0.1, 0.15) is 12.0 Å². The summed E-state index contributed by atoms with van der Waals surface area (Å²) < 4.78 is 11.5. The van der Waals surface area contributed by atoms with Gasteiger partial charge in [-0.1, -0.05) is 28.1 Å². The maximum atomic E-state index is 6.01. The van der Waals surface area contributed by atoms with Crippen LogP contribution in [-0.2, 0) is 15.9 Å². The van der Waals surface area contributed by atoms with Crippen molar-refractivity contribution in [3.63, 3.8) is 0 Å². The highest BCUT2D eigenvalue weighted by atomic mass is 79.9. The zero-order valence-corrected chi connectivity index (χ0v) is 13.0. The molecule has 18 heavy (non-hydrogen) atoms. The number of ether oxygens (including phenoxy) is 2. The first-order chi connectivity index (χ1) is 8.76. The van der Waals surface area contributed by atoms with Gasteiger partial charge in [0.15, 0.2) is 0 Å². The second kappa shape index (κ2) is 9.79. The van der Waals surface area contributed by atoms with Gasteiger partial charge in [0.1, 0.15) is 0 Å². The standard InChI is InChI=1S/C14H20BrClO2/c1-17-7-8-18-6-5-13(11-16)9-12-3-2-4-14(15)10-12/h2-4,10,13H,5-9,11H2,1H3. The van der Waals surface area contributed by atoms with Crippen LogP contribution in [0.2, 0.25) is 0 Å². The molecule has 1 aromatic rings. The predicted octanol–water partition coefficient (Wildman–Crippen LogP) is 3.90. The van der Waals surface area contributed by atoms with E-state index in [1.807, 2.05) is 6.07 Å². The largest absolute Gasteiger partial charge is 0.382 e. The molecule has 0 aliphatic heterocycles. The Bertz CT molecular complexity index is 333. The molecule has 0 fully saturated rings. The Hall–Kier alpha value is -0.0900. The highest BCUT2D eigenvalue weighted by Crippen LogP contribution is 2.18. The van der Waals surface area contributed by atoms with Gasteiger partial charge < -0.3 is 9.47 Å². The molecule has 4 heteroatoms. The first kappa shape index (κ1) is 16.0. The minimum atomic E-state index is 0.462. The lowest BCUT2D eigenvalue weighted by Crippen LogP contribution is -2.12. The topological polar surface area (TPSA) is 18.5 Å². The van der Waals surface area contributed by atoms with Crippen LogP contribution < -0.4 is 0 Å². The molecule has 0 bridgehead atoms. The number of halogens is 2. The first-order valence-electron chi connectivity index (χ1n) is 6.13. The minimum absolute atomic E-state index is 0.462. The van der Waals surface area contributed by atoms with Gasteiger partial charge in [0.2, 0.25) is 0 Å². The Balaban J connectivity index is 2.28. The maximum Gasteiger partial charge on any atom is 0.0700 e. The first-order valence-corrected chi connectivity index (χ1v) is 7.46. The summed E-state index contributed by atoms with van der Waals surface area (Å²) >= 11 is 9.49. The van der Waals surface area contributed by atoms with Crippen molar-refractivity contribution < 1.29 is 9.47 Å². The zero-order valence-electron chi connectivity index (χ0n) is 10.7. The minimum Gasteiger partial charge on any atom is -0.382 e. The van der Waals surface area contributed by atoms with Crippen LogP contribution in [0.25, 0.3) is 0 Å². The SMILES string of the molecule is COCCOCCC(CCl)Cc1cccc(Br)c1. The monoisotopic (exact) mass is 334 g/mol. The Morgan fingerprint density at radius 2 is 2.11 bits per heavy atom. The summed E-state index contributed by atoms with van der Waals surface area (Å²) in [4.78, 5) is 0. The molecule has 1 unspecified atom stereocenters. The van der Waals surface area contributed by atoms with Crippen LogP contribution in [0.4, 0.5) is 0 Å². The molecular weight excluding hydrogens is 316 g/mol. The summed E-state index contributed by atoms with van der Waals surface area (Å²) in [5.74, 6) is 1.13. The third kappa shape index (κ3) is 6.74. The van der Waals surface area contributed by atoms with E-state index >= 15 is 0 Å². The summed E-state index contributed by atoms with van der Waals surface area (Å²) in [7, 11) is 1.68. The van der Waals surface area contributed by atoms with Crippen molar-refractivity contribution >= 4 is 27.5 Å². The van der Waals surface area contributed by atoms with E-state index in [-0.39, 0.29) is 0 Å². The molecule has 1 rings (SSSR count). The van der Waals surface area contributed by atoms with E-state index in [0.717, 1.165) is 23.9 Å². The van der Waals surface area contributed by atoms with Gasteiger partial charge >= 0.3 is 0 Å². The highest BCUT2D eigenvalue weighted by Gasteiger charge is 2.08. The normalized spacial score (nSPS) is 12.6. The van der Waals surface area contributed by atoms with Gasteiger partial charge in [-0.25, -0.2) is 0 Å². The van der Waals surface area contributed by atoms with Crippen molar-refractivity contribution in [2.75, 3.05) is 32.8 Å². The van der Waals surface area contributed by atoms with E-state index in [1.165, 1.54) is 5.56 Å². The number of benzene rings is 1. The van der Waals surface area contributed by atoms with Crippen LogP contribution in [0.3, 0.4) is 0 Å². The predicted molar refractivity (Wildman–Crippen MR) is 79.4 cm³/mol. The molecule has 0 heterocycles. The van der Waals surface area contributed by atoms with Crippen LogP contribution in [-0.4, -0.2) is 32.8 Å². The van der Waals surface area contributed by atoms with Gasteiger partial charge in [0.25, 0.3) is 0 Å². The molecule has 1 atom stereocenters. The Morgan fingerprint density at radius 1 is 1.28 bits per heavy atom. The number of rotatable bonds is 9. The fraction of sp³-hybridized carbons (Fsp3) is 0.571. The average molecular weight is 336 g/mol. The zero-order chi connectivity index (χ0) is 13.2. The van der Waals surface area contributed by atoms with Crippen LogP contribution >= 0.6 is 27.5 Å². The van der Waals surface area contributed by atoms with Gasteiger partial charge in [0, 0.05) is 24.1 Å². The third-order valence-electron chi connectivity index (χ3n) is 2.73. The van der Waals surface area contributed by atoms with Gasteiger partial charge in [-0.2, -0.15) is 0 Å². The molecule has 0 aliphatic carbocycles. The number of hydrogen-bond acceptors (Lipinski definition) is 2. The number of hydrogen-bond donors (Lipinski definition) is 0. The lowest BCUT2D eigenvalue weighted by atomic mass is 9.98. The molecular formula is C14H20BrClO2. The quantitative estimate of drug-likeness (QED) is 0.503. The van der Waals surface area contributed by atoms with E-state index in [1.54, 1.807) is 7.11 Å². The van der Waals surface area contributed by atoms with Crippen LogP contribution in [0.5, 0.6) is 0 Å². The molecule has 0 spiro atoms. The van der Waals surface area contributed by atoms with Crippen molar-refractivity contribution in [1.29, 1.82) is 0 Å². The number of methoxy groups -OCH3 is 1. The average Bonchev–Trinajstić information content (AvgIpc) is 2.37.